The Hall–Kier alpha value is -2.41. The van der Waals surface area contributed by atoms with Crippen molar-refractivity contribution in [3.05, 3.63) is 40.5 Å². The van der Waals surface area contributed by atoms with Gasteiger partial charge in [-0.3, -0.25) is 14.5 Å². The number of nitrogens with zero attached hydrogens (tertiary/aromatic N) is 4. The van der Waals surface area contributed by atoms with Crippen LogP contribution in [0.2, 0.25) is 0 Å². The van der Waals surface area contributed by atoms with Crippen molar-refractivity contribution in [3.63, 3.8) is 0 Å². The Morgan fingerprint density at radius 2 is 2.12 bits per heavy atom. The lowest BCUT2D eigenvalue weighted by molar-refractivity contribution is -0.138. The average molecular weight is 343 g/mol. The first-order valence-corrected chi connectivity index (χ1v) is 8.47. The maximum Gasteiger partial charge on any atom is 0.227 e. The number of aromatic nitrogens is 3. The summed E-state index contributed by atoms with van der Waals surface area (Å²) < 4.78 is 7.65. The van der Waals surface area contributed by atoms with Crippen LogP contribution >= 0.6 is 0 Å². The Balaban J connectivity index is 1.73. The summed E-state index contributed by atoms with van der Waals surface area (Å²) in [6.45, 7) is 7.42. The number of carbonyl (C=O) groups is 1. The van der Waals surface area contributed by atoms with Crippen molar-refractivity contribution in [2.75, 3.05) is 25.4 Å². The van der Waals surface area contributed by atoms with E-state index in [-0.39, 0.29) is 12.0 Å². The molecule has 0 saturated carbocycles. The van der Waals surface area contributed by atoms with Crippen LogP contribution in [-0.4, -0.2) is 45.3 Å². The number of nitrogens with two attached hydrogens (primary N) is 1. The molecule has 0 aliphatic carbocycles. The number of hydrogen-bond acceptors (Lipinski definition) is 5. The average Bonchev–Trinajstić information content (AvgIpc) is 2.80. The van der Waals surface area contributed by atoms with Crippen molar-refractivity contribution in [2.24, 2.45) is 7.05 Å². The topological polar surface area (TPSA) is 86.3 Å². The molecule has 1 aliphatic rings. The van der Waals surface area contributed by atoms with E-state index in [0.29, 0.717) is 31.8 Å². The van der Waals surface area contributed by atoms with Crippen LogP contribution in [0.15, 0.2) is 12.1 Å². The quantitative estimate of drug-likeness (QED) is 0.912. The number of rotatable bonds is 3. The van der Waals surface area contributed by atoms with Crippen molar-refractivity contribution in [2.45, 2.75) is 33.3 Å². The predicted octanol–water partition coefficient (Wildman–Crippen LogP) is 1.47. The van der Waals surface area contributed by atoms with Gasteiger partial charge in [-0.25, -0.2) is 0 Å². The molecule has 2 N–H and O–H groups in total. The van der Waals surface area contributed by atoms with Gasteiger partial charge in [0, 0.05) is 36.2 Å². The van der Waals surface area contributed by atoms with Crippen LogP contribution in [-0.2, 0) is 23.0 Å². The molecule has 7 nitrogen and oxygen atoms in total. The maximum absolute atomic E-state index is 12.8. The van der Waals surface area contributed by atoms with E-state index in [0.717, 1.165) is 28.3 Å². The minimum absolute atomic E-state index is 0.0909. The molecule has 2 aromatic heterocycles. The van der Waals surface area contributed by atoms with E-state index >= 15 is 0 Å². The number of carbonyl (C=O) groups excluding carboxylic acids is 1. The highest BCUT2D eigenvalue weighted by Crippen LogP contribution is 2.24. The van der Waals surface area contributed by atoms with Crippen molar-refractivity contribution >= 4 is 11.6 Å². The zero-order chi connectivity index (χ0) is 18.1. The normalized spacial score (nSPS) is 17.8. The number of pyridine rings is 1. The third-order valence-electron chi connectivity index (χ3n) is 4.73. The number of aryl methyl sites for hydroxylation is 3. The monoisotopic (exact) mass is 343 g/mol. The molecule has 7 heteroatoms. The molecule has 25 heavy (non-hydrogen) atoms. The number of ether oxygens (including phenoxy) is 1. The molecule has 2 aromatic rings. The fraction of sp³-hybridized carbons (Fsp3) is 0.500. The van der Waals surface area contributed by atoms with E-state index in [4.69, 9.17) is 10.5 Å². The highest BCUT2D eigenvalue weighted by Gasteiger charge is 2.27. The number of anilines is 1. The van der Waals surface area contributed by atoms with Crippen LogP contribution in [0.25, 0.3) is 0 Å². The van der Waals surface area contributed by atoms with Crippen molar-refractivity contribution in [1.29, 1.82) is 0 Å². The lowest BCUT2D eigenvalue weighted by Gasteiger charge is -2.33. The predicted molar refractivity (Wildman–Crippen MR) is 95.0 cm³/mol. The van der Waals surface area contributed by atoms with Crippen molar-refractivity contribution in [1.82, 2.24) is 19.7 Å². The van der Waals surface area contributed by atoms with Gasteiger partial charge >= 0.3 is 0 Å². The molecule has 0 bridgehead atoms. The molecule has 1 atom stereocenters. The molecule has 1 saturated heterocycles. The fourth-order valence-corrected chi connectivity index (χ4v) is 3.28. The van der Waals surface area contributed by atoms with Gasteiger partial charge in [0.1, 0.15) is 6.10 Å². The summed E-state index contributed by atoms with van der Waals surface area (Å²) in [7, 11) is 1.90. The van der Waals surface area contributed by atoms with Gasteiger partial charge in [-0.2, -0.15) is 5.10 Å². The molecule has 1 aliphatic heterocycles. The molecule has 3 rings (SSSR count). The summed E-state index contributed by atoms with van der Waals surface area (Å²) >= 11 is 0. The van der Waals surface area contributed by atoms with Gasteiger partial charge in [0.05, 0.1) is 31.0 Å². The van der Waals surface area contributed by atoms with E-state index in [1.807, 2.05) is 49.5 Å². The third-order valence-corrected chi connectivity index (χ3v) is 4.73. The number of amides is 1. The smallest absolute Gasteiger partial charge is 0.227 e. The Bertz CT molecular complexity index is 779. The molecule has 134 valence electrons. The molecule has 1 amide bonds. The molecule has 0 aromatic carbocycles. The van der Waals surface area contributed by atoms with Gasteiger partial charge in [-0.15, -0.1) is 0 Å². The molecular weight excluding hydrogens is 318 g/mol. The highest BCUT2D eigenvalue weighted by atomic mass is 16.5. The molecule has 3 heterocycles. The third kappa shape index (κ3) is 3.66. The zero-order valence-electron chi connectivity index (χ0n) is 15.2. The van der Waals surface area contributed by atoms with E-state index in [2.05, 4.69) is 10.1 Å². The molecule has 0 unspecified atom stereocenters. The Labute approximate surface area is 147 Å². The molecule has 0 radical (unpaired) electrons. The summed E-state index contributed by atoms with van der Waals surface area (Å²) in [5.74, 6) is 0.0909. The SMILES string of the molecule is Cc1cc(N)cc([C@@H]2CN(C(=O)Cc3c(C)nn(C)c3C)CCO2)n1. The Kier molecular flexibility index (Phi) is 4.76. The van der Waals surface area contributed by atoms with Gasteiger partial charge in [0.15, 0.2) is 0 Å². The number of nitrogen functional groups attached to an aromatic ring is 1. The lowest BCUT2D eigenvalue weighted by atomic mass is 10.1. The Morgan fingerprint density at radius 1 is 1.36 bits per heavy atom. The summed E-state index contributed by atoms with van der Waals surface area (Å²) in [5, 5.41) is 4.39. The second kappa shape index (κ2) is 6.84. The summed E-state index contributed by atoms with van der Waals surface area (Å²) in [6, 6.07) is 3.64. The van der Waals surface area contributed by atoms with Crippen molar-refractivity contribution in [3.8, 4) is 0 Å². The minimum Gasteiger partial charge on any atom is -0.399 e. The second-order valence-corrected chi connectivity index (χ2v) is 6.62. The van der Waals surface area contributed by atoms with Crippen LogP contribution in [0.3, 0.4) is 0 Å². The minimum atomic E-state index is -0.240. The van der Waals surface area contributed by atoms with Crippen LogP contribution in [0.4, 0.5) is 5.69 Å². The van der Waals surface area contributed by atoms with Crippen LogP contribution < -0.4 is 5.73 Å². The first kappa shape index (κ1) is 17.4. The first-order valence-electron chi connectivity index (χ1n) is 8.47. The van der Waals surface area contributed by atoms with Gasteiger partial charge in [-0.1, -0.05) is 0 Å². The van der Waals surface area contributed by atoms with Crippen LogP contribution in [0.1, 0.15) is 34.4 Å². The molecular formula is C18H25N5O2. The standard InChI is InChI=1S/C18H25N5O2/c1-11-7-14(19)8-16(20-11)17-10-23(5-6-25-17)18(24)9-15-12(2)21-22(4)13(15)3/h7-8,17H,5-6,9-10H2,1-4H3,(H2,19,20)/t17-/m0/s1. The first-order chi connectivity index (χ1) is 11.8. The highest BCUT2D eigenvalue weighted by molar-refractivity contribution is 5.79. The lowest BCUT2D eigenvalue weighted by Crippen LogP contribution is -2.43. The van der Waals surface area contributed by atoms with Crippen LogP contribution in [0.5, 0.6) is 0 Å². The zero-order valence-corrected chi connectivity index (χ0v) is 15.2. The van der Waals surface area contributed by atoms with E-state index < -0.39 is 0 Å². The van der Waals surface area contributed by atoms with E-state index in [1.165, 1.54) is 0 Å². The molecule has 0 spiro atoms. The Morgan fingerprint density at radius 3 is 2.76 bits per heavy atom. The maximum atomic E-state index is 12.8. The number of morpholine rings is 1. The fourth-order valence-electron chi connectivity index (χ4n) is 3.28. The van der Waals surface area contributed by atoms with Crippen LogP contribution in [0, 0.1) is 20.8 Å². The second-order valence-electron chi connectivity index (χ2n) is 6.62. The van der Waals surface area contributed by atoms with Gasteiger partial charge in [0.2, 0.25) is 5.91 Å². The summed E-state index contributed by atoms with van der Waals surface area (Å²) in [5.41, 5.74) is 11.2. The summed E-state index contributed by atoms with van der Waals surface area (Å²) in [6.07, 6.45) is 0.123. The van der Waals surface area contributed by atoms with Gasteiger partial charge in [0.25, 0.3) is 0 Å². The number of hydrogen-bond donors (Lipinski definition) is 1. The molecule has 1 fully saturated rings. The van der Waals surface area contributed by atoms with Crippen molar-refractivity contribution < 1.29 is 9.53 Å². The largest absolute Gasteiger partial charge is 0.399 e. The van der Waals surface area contributed by atoms with E-state index in [9.17, 15) is 4.79 Å². The van der Waals surface area contributed by atoms with Gasteiger partial charge in [-0.05, 0) is 32.9 Å². The van der Waals surface area contributed by atoms with E-state index in [1.54, 1.807) is 0 Å². The van der Waals surface area contributed by atoms with Gasteiger partial charge < -0.3 is 15.4 Å². The summed E-state index contributed by atoms with van der Waals surface area (Å²) in [4.78, 5) is 19.1.